The summed E-state index contributed by atoms with van der Waals surface area (Å²) in [6, 6.07) is 0. The molecule has 4 aliphatic rings. The monoisotopic (exact) mass is 309 g/mol. The van der Waals surface area contributed by atoms with Crippen LogP contribution in [0.2, 0.25) is 0 Å². The first-order valence-electron chi connectivity index (χ1n) is 9.60. The van der Waals surface area contributed by atoms with Crippen LogP contribution in [0.1, 0.15) is 58.8 Å². The van der Waals surface area contributed by atoms with Crippen LogP contribution in [0.5, 0.6) is 0 Å². The number of aliphatic hydroxyl groups excluding tert-OH is 1. The molecule has 1 N–H and O–H groups in total. The van der Waals surface area contributed by atoms with Gasteiger partial charge in [0.2, 0.25) is 0 Å². The second kappa shape index (κ2) is 7.19. The molecule has 0 aromatic heterocycles. The van der Waals surface area contributed by atoms with Gasteiger partial charge in [0.05, 0.1) is 12.7 Å². The summed E-state index contributed by atoms with van der Waals surface area (Å²) in [4.78, 5) is 2.26. The minimum atomic E-state index is -0.337. The van der Waals surface area contributed by atoms with Crippen LogP contribution in [0.4, 0.5) is 0 Å². The molecule has 0 radical (unpaired) electrons. The molecule has 3 nitrogen and oxygen atoms in total. The zero-order valence-corrected chi connectivity index (χ0v) is 14.6. The fourth-order valence-electron chi connectivity index (χ4n) is 5.94. The fraction of sp³-hybridized carbons (Fsp3) is 1.00. The zero-order chi connectivity index (χ0) is 15.6. The van der Waals surface area contributed by atoms with Gasteiger partial charge in [0.15, 0.2) is 0 Å². The lowest BCUT2D eigenvalue weighted by atomic mass is 9.49. The SMILES string of the molecule is CCN(CC)C[C@@H](O)COCCC12CC3CC(CC(C3)C1)C2. The van der Waals surface area contributed by atoms with Gasteiger partial charge in [-0.3, -0.25) is 0 Å². The van der Waals surface area contributed by atoms with E-state index in [0.717, 1.165) is 44.0 Å². The Morgan fingerprint density at radius 3 is 2.09 bits per heavy atom. The van der Waals surface area contributed by atoms with Gasteiger partial charge in [-0.25, -0.2) is 0 Å². The third kappa shape index (κ3) is 3.85. The molecule has 4 saturated carbocycles. The lowest BCUT2D eigenvalue weighted by molar-refractivity contribution is -0.0740. The van der Waals surface area contributed by atoms with Crippen LogP contribution in [-0.2, 0) is 4.74 Å². The van der Waals surface area contributed by atoms with Crippen molar-refractivity contribution in [2.24, 2.45) is 23.2 Å². The van der Waals surface area contributed by atoms with Crippen LogP contribution in [0, 0.1) is 23.2 Å². The van der Waals surface area contributed by atoms with Crippen LogP contribution in [-0.4, -0.2) is 49.0 Å². The molecule has 4 rings (SSSR count). The molecule has 0 heterocycles. The van der Waals surface area contributed by atoms with Gasteiger partial charge in [0, 0.05) is 13.2 Å². The van der Waals surface area contributed by atoms with Crippen LogP contribution in [0.25, 0.3) is 0 Å². The van der Waals surface area contributed by atoms with Crippen molar-refractivity contribution in [3.63, 3.8) is 0 Å². The summed E-state index contributed by atoms with van der Waals surface area (Å²) < 4.78 is 5.85. The van der Waals surface area contributed by atoms with E-state index in [9.17, 15) is 5.11 Å². The first-order chi connectivity index (χ1) is 10.6. The maximum atomic E-state index is 10.1. The van der Waals surface area contributed by atoms with Gasteiger partial charge in [0.1, 0.15) is 0 Å². The van der Waals surface area contributed by atoms with E-state index in [2.05, 4.69) is 18.7 Å². The van der Waals surface area contributed by atoms with Crippen LogP contribution in [0.3, 0.4) is 0 Å². The van der Waals surface area contributed by atoms with E-state index in [0.29, 0.717) is 12.0 Å². The normalized spacial score (nSPS) is 37.9. The quantitative estimate of drug-likeness (QED) is 0.663. The van der Waals surface area contributed by atoms with E-state index < -0.39 is 0 Å². The molecule has 0 aromatic carbocycles. The van der Waals surface area contributed by atoms with Crippen molar-refractivity contribution in [3.8, 4) is 0 Å². The van der Waals surface area contributed by atoms with Gasteiger partial charge in [0.25, 0.3) is 0 Å². The van der Waals surface area contributed by atoms with Crippen molar-refractivity contribution in [2.45, 2.75) is 64.9 Å². The first-order valence-corrected chi connectivity index (χ1v) is 9.60. The molecular formula is C19H35NO2. The molecule has 3 heteroatoms. The number of hydrogen-bond donors (Lipinski definition) is 1. The minimum absolute atomic E-state index is 0.337. The standard InChI is InChI=1S/C19H35NO2/c1-3-20(4-2)13-18(21)14-22-6-5-19-10-15-7-16(11-19)9-17(8-15)12-19/h15-18,21H,3-14H2,1-2H3/t15?,16?,17?,18-,19?/m1/s1. The minimum Gasteiger partial charge on any atom is -0.389 e. The number of hydrogen-bond acceptors (Lipinski definition) is 3. The third-order valence-electron chi connectivity index (χ3n) is 6.62. The van der Waals surface area contributed by atoms with E-state index in [-0.39, 0.29) is 6.10 Å². The largest absolute Gasteiger partial charge is 0.389 e. The number of likely N-dealkylation sites (N-methyl/N-ethyl adjacent to an activating group) is 1. The highest BCUT2D eigenvalue weighted by atomic mass is 16.5. The molecule has 0 amide bonds. The van der Waals surface area contributed by atoms with Crippen molar-refractivity contribution >= 4 is 0 Å². The topological polar surface area (TPSA) is 32.7 Å². The molecule has 0 aromatic rings. The summed E-state index contributed by atoms with van der Waals surface area (Å²) in [6.45, 7) is 8.38. The van der Waals surface area contributed by atoms with Gasteiger partial charge in [-0.15, -0.1) is 0 Å². The van der Waals surface area contributed by atoms with Crippen LogP contribution in [0.15, 0.2) is 0 Å². The first kappa shape index (κ1) is 16.7. The molecule has 0 unspecified atom stereocenters. The fourth-order valence-corrected chi connectivity index (χ4v) is 5.94. The molecule has 4 aliphatic carbocycles. The summed E-state index contributed by atoms with van der Waals surface area (Å²) >= 11 is 0. The molecule has 4 bridgehead atoms. The van der Waals surface area contributed by atoms with E-state index in [1.54, 1.807) is 0 Å². The molecule has 0 aliphatic heterocycles. The number of aliphatic hydroxyl groups is 1. The highest BCUT2D eigenvalue weighted by molar-refractivity contribution is 5.01. The molecule has 22 heavy (non-hydrogen) atoms. The highest BCUT2D eigenvalue weighted by Gasteiger charge is 2.50. The zero-order valence-electron chi connectivity index (χ0n) is 14.6. The molecule has 4 fully saturated rings. The van der Waals surface area contributed by atoms with E-state index in [4.69, 9.17) is 4.74 Å². The third-order valence-corrected chi connectivity index (χ3v) is 6.62. The molecule has 0 saturated heterocycles. The predicted molar refractivity (Wildman–Crippen MR) is 89.8 cm³/mol. The Morgan fingerprint density at radius 2 is 1.59 bits per heavy atom. The van der Waals surface area contributed by atoms with Crippen molar-refractivity contribution in [2.75, 3.05) is 32.8 Å². The smallest absolute Gasteiger partial charge is 0.0900 e. The van der Waals surface area contributed by atoms with Gasteiger partial charge in [-0.05, 0) is 81.2 Å². The van der Waals surface area contributed by atoms with Crippen LogP contribution < -0.4 is 0 Å². The molecule has 0 spiro atoms. The maximum absolute atomic E-state index is 10.1. The second-order valence-corrected chi connectivity index (χ2v) is 8.38. The summed E-state index contributed by atoms with van der Waals surface area (Å²) in [6.07, 6.45) is 9.83. The Bertz CT molecular complexity index is 318. The Balaban J connectivity index is 1.37. The summed E-state index contributed by atoms with van der Waals surface area (Å²) in [5.41, 5.74) is 0.610. The van der Waals surface area contributed by atoms with E-state index >= 15 is 0 Å². The Morgan fingerprint density at radius 1 is 1.05 bits per heavy atom. The van der Waals surface area contributed by atoms with Gasteiger partial charge >= 0.3 is 0 Å². The predicted octanol–water partition coefficient (Wildman–Crippen LogP) is 3.31. The lowest BCUT2D eigenvalue weighted by Gasteiger charge is -2.57. The van der Waals surface area contributed by atoms with Crippen molar-refractivity contribution in [1.29, 1.82) is 0 Å². The number of ether oxygens (including phenoxy) is 1. The maximum Gasteiger partial charge on any atom is 0.0900 e. The molecular weight excluding hydrogens is 274 g/mol. The van der Waals surface area contributed by atoms with Crippen molar-refractivity contribution in [1.82, 2.24) is 4.90 Å². The van der Waals surface area contributed by atoms with Gasteiger partial charge < -0.3 is 14.7 Å². The summed E-state index contributed by atoms with van der Waals surface area (Å²) in [5.74, 6) is 3.08. The van der Waals surface area contributed by atoms with Crippen molar-refractivity contribution < 1.29 is 9.84 Å². The van der Waals surface area contributed by atoms with E-state index in [1.165, 1.54) is 44.9 Å². The summed E-state index contributed by atoms with van der Waals surface area (Å²) in [7, 11) is 0. The Kier molecular flexibility index (Phi) is 5.47. The molecule has 1 atom stereocenters. The lowest BCUT2D eigenvalue weighted by Crippen LogP contribution is -2.46. The average Bonchev–Trinajstić information content (AvgIpc) is 2.48. The number of nitrogens with zero attached hydrogens (tertiary/aromatic N) is 1. The Labute approximate surface area is 136 Å². The second-order valence-electron chi connectivity index (χ2n) is 8.38. The highest BCUT2D eigenvalue weighted by Crippen LogP contribution is 2.61. The van der Waals surface area contributed by atoms with Gasteiger partial charge in [-0.2, -0.15) is 0 Å². The van der Waals surface area contributed by atoms with Crippen molar-refractivity contribution in [3.05, 3.63) is 0 Å². The Hall–Kier alpha value is -0.120. The molecule has 128 valence electrons. The van der Waals surface area contributed by atoms with E-state index in [1.807, 2.05) is 0 Å². The average molecular weight is 309 g/mol. The van der Waals surface area contributed by atoms with Crippen LogP contribution >= 0.6 is 0 Å². The summed E-state index contributed by atoms with van der Waals surface area (Å²) in [5, 5.41) is 10.1. The van der Waals surface area contributed by atoms with Gasteiger partial charge in [-0.1, -0.05) is 13.8 Å². The number of rotatable bonds is 9.